The third-order valence-corrected chi connectivity index (χ3v) is 3.02. The van der Waals surface area contributed by atoms with Crippen LogP contribution in [-0.2, 0) is 20.1 Å². The first-order chi connectivity index (χ1) is 8.16. The molecule has 1 N–H and O–H groups in total. The van der Waals surface area contributed by atoms with Crippen molar-refractivity contribution in [3.63, 3.8) is 0 Å². The number of hydrogen-bond acceptors (Lipinski definition) is 2. The molecule has 90 valence electrons. The molecule has 0 unspecified atom stereocenters. The van der Waals surface area contributed by atoms with Crippen LogP contribution < -0.4 is 5.32 Å². The maximum absolute atomic E-state index is 4.29. The van der Waals surface area contributed by atoms with Gasteiger partial charge in [-0.1, -0.05) is 23.8 Å². The molecule has 0 aliphatic heterocycles. The summed E-state index contributed by atoms with van der Waals surface area (Å²) in [5.41, 5.74) is 4.01. The van der Waals surface area contributed by atoms with Gasteiger partial charge in [0.05, 0.1) is 6.54 Å². The number of aryl methyl sites for hydroxylation is 3. The number of nitrogens with one attached hydrogen (secondary N) is 1. The lowest BCUT2D eigenvalue weighted by atomic mass is 10.1. The van der Waals surface area contributed by atoms with Crippen molar-refractivity contribution in [1.82, 2.24) is 14.9 Å². The van der Waals surface area contributed by atoms with Crippen LogP contribution in [0.5, 0.6) is 0 Å². The van der Waals surface area contributed by atoms with E-state index in [4.69, 9.17) is 0 Å². The van der Waals surface area contributed by atoms with Crippen molar-refractivity contribution < 1.29 is 0 Å². The van der Waals surface area contributed by atoms with Gasteiger partial charge in [0.25, 0.3) is 0 Å². The average molecular weight is 229 g/mol. The molecule has 0 bridgehead atoms. The molecule has 1 aromatic heterocycles. The molecule has 3 nitrogen and oxygen atoms in total. The second-order valence-corrected chi connectivity index (χ2v) is 4.49. The van der Waals surface area contributed by atoms with Crippen molar-refractivity contribution in [2.24, 2.45) is 7.05 Å². The number of hydrogen-bond donors (Lipinski definition) is 1. The van der Waals surface area contributed by atoms with Gasteiger partial charge in [0, 0.05) is 26.0 Å². The minimum atomic E-state index is 0.802. The first-order valence-corrected chi connectivity index (χ1v) is 5.90. The summed E-state index contributed by atoms with van der Waals surface area (Å²) in [6.07, 6.45) is 3.80. The fraction of sp³-hybridized carbons (Fsp3) is 0.357. The molecule has 0 amide bonds. The Balaban J connectivity index is 1.94. The lowest BCUT2D eigenvalue weighted by molar-refractivity contribution is 0.637. The lowest BCUT2D eigenvalue weighted by Crippen LogP contribution is -2.16. The van der Waals surface area contributed by atoms with Crippen LogP contribution in [0, 0.1) is 13.8 Å². The maximum Gasteiger partial charge on any atom is 0.122 e. The lowest BCUT2D eigenvalue weighted by Gasteiger charge is -2.08. The second kappa shape index (κ2) is 5.15. The van der Waals surface area contributed by atoms with Crippen molar-refractivity contribution in [3.05, 3.63) is 53.1 Å². The Morgan fingerprint density at radius 2 is 2.06 bits per heavy atom. The molecular formula is C14H19N3. The van der Waals surface area contributed by atoms with E-state index in [9.17, 15) is 0 Å². The standard InChI is InChI=1S/C14H19N3/c1-11-4-5-12(2)13(8-11)9-15-10-14-16-6-7-17(14)3/h4-8,15H,9-10H2,1-3H3. The van der Waals surface area contributed by atoms with E-state index >= 15 is 0 Å². The highest BCUT2D eigenvalue weighted by Crippen LogP contribution is 2.10. The van der Waals surface area contributed by atoms with Crippen LogP contribution in [0.25, 0.3) is 0 Å². The topological polar surface area (TPSA) is 29.9 Å². The molecule has 2 rings (SSSR count). The molecule has 2 aromatic rings. The molecule has 17 heavy (non-hydrogen) atoms. The zero-order valence-corrected chi connectivity index (χ0v) is 10.7. The van der Waals surface area contributed by atoms with Crippen LogP contribution in [0.1, 0.15) is 22.5 Å². The molecule has 0 aliphatic carbocycles. The summed E-state index contributed by atoms with van der Waals surface area (Å²) in [5, 5.41) is 3.43. The van der Waals surface area contributed by atoms with E-state index in [1.807, 2.05) is 24.0 Å². The second-order valence-electron chi connectivity index (χ2n) is 4.49. The predicted octanol–water partition coefficient (Wildman–Crippen LogP) is 2.33. The molecule has 0 fully saturated rings. The predicted molar refractivity (Wildman–Crippen MR) is 69.7 cm³/mol. The van der Waals surface area contributed by atoms with Gasteiger partial charge in [-0.15, -0.1) is 0 Å². The van der Waals surface area contributed by atoms with Gasteiger partial charge in [-0.25, -0.2) is 4.98 Å². The van der Waals surface area contributed by atoms with Gasteiger partial charge >= 0.3 is 0 Å². The minimum Gasteiger partial charge on any atom is -0.337 e. The minimum absolute atomic E-state index is 0.802. The fourth-order valence-corrected chi connectivity index (χ4v) is 1.87. The van der Waals surface area contributed by atoms with Crippen molar-refractivity contribution in [1.29, 1.82) is 0 Å². The Bertz CT molecular complexity index is 500. The van der Waals surface area contributed by atoms with E-state index in [1.54, 1.807) is 0 Å². The SMILES string of the molecule is Cc1ccc(C)c(CNCc2nccn2C)c1. The zero-order chi connectivity index (χ0) is 12.3. The van der Waals surface area contributed by atoms with E-state index in [1.165, 1.54) is 16.7 Å². The molecule has 1 heterocycles. The molecule has 0 saturated carbocycles. The first-order valence-electron chi connectivity index (χ1n) is 5.90. The summed E-state index contributed by atoms with van der Waals surface area (Å²) in [6.45, 7) is 5.97. The smallest absolute Gasteiger partial charge is 0.122 e. The molecule has 1 aromatic carbocycles. The normalized spacial score (nSPS) is 10.8. The quantitative estimate of drug-likeness (QED) is 0.872. The Morgan fingerprint density at radius 1 is 1.24 bits per heavy atom. The molecule has 0 radical (unpaired) electrons. The highest BCUT2D eigenvalue weighted by atomic mass is 15.1. The molecule has 0 saturated heterocycles. The van der Waals surface area contributed by atoms with Crippen LogP contribution in [-0.4, -0.2) is 9.55 Å². The summed E-state index contributed by atoms with van der Waals surface area (Å²) >= 11 is 0. The van der Waals surface area contributed by atoms with Gasteiger partial charge in [-0.3, -0.25) is 0 Å². The molecule has 0 spiro atoms. The summed E-state index contributed by atoms with van der Waals surface area (Å²) in [7, 11) is 2.02. The van der Waals surface area contributed by atoms with E-state index < -0.39 is 0 Å². The molecule has 3 heteroatoms. The van der Waals surface area contributed by atoms with E-state index in [0.29, 0.717) is 0 Å². The number of nitrogens with zero attached hydrogens (tertiary/aromatic N) is 2. The third kappa shape index (κ3) is 2.94. The number of rotatable bonds is 4. The van der Waals surface area contributed by atoms with Gasteiger partial charge in [0.2, 0.25) is 0 Å². The van der Waals surface area contributed by atoms with E-state index in [-0.39, 0.29) is 0 Å². The average Bonchev–Trinajstić information content (AvgIpc) is 2.70. The molecule has 0 aliphatic rings. The van der Waals surface area contributed by atoms with Crippen molar-refractivity contribution in [2.45, 2.75) is 26.9 Å². The Hall–Kier alpha value is -1.61. The third-order valence-electron chi connectivity index (χ3n) is 3.02. The largest absolute Gasteiger partial charge is 0.337 e. The number of imidazole rings is 1. The maximum atomic E-state index is 4.29. The van der Waals surface area contributed by atoms with Gasteiger partial charge in [-0.2, -0.15) is 0 Å². The van der Waals surface area contributed by atoms with E-state index in [0.717, 1.165) is 18.9 Å². The Kier molecular flexibility index (Phi) is 3.59. The summed E-state index contributed by atoms with van der Waals surface area (Å²) < 4.78 is 2.04. The zero-order valence-electron chi connectivity index (χ0n) is 10.7. The van der Waals surface area contributed by atoms with Gasteiger partial charge < -0.3 is 9.88 Å². The molecule has 0 atom stereocenters. The van der Waals surface area contributed by atoms with Crippen LogP contribution in [0.3, 0.4) is 0 Å². The number of benzene rings is 1. The Morgan fingerprint density at radius 3 is 2.76 bits per heavy atom. The van der Waals surface area contributed by atoms with Crippen LogP contribution in [0.4, 0.5) is 0 Å². The number of aromatic nitrogens is 2. The fourth-order valence-electron chi connectivity index (χ4n) is 1.87. The summed E-state index contributed by atoms with van der Waals surface area (Å²) in [6, 6.07) is 6.56. The van der Waals surface area contributed by atoms with Gasteiger partial charge in [0.15, 0.2) is 0 Å². The van der Waals surface area contributed by atoms with Crippen molar-refractivity contribution in [3.8, 4) is 0 Å². The molecular weight excluding hydrogens is 210 g/mol. The van der Waals surface area contributed by atoms with E-state index in [2.05, 4.69) is 42.3 Å². The highest BCUT2D eigenvalue weighted by molar-refractivity contribution is 5.30. The van der Waals surface area contributed by atoms with Crippen LogP contribution in [0.2, 0.25) is 0 Å². The van der Waals surface area contributed by atoms with Gasteiger partial charge in [-0.05, 0) is 25.0 Å². The van der Waals surface area contributed by atoms with Crippen molar-refractivity contribution in [2.75, 3.05) is 0 Å². The van der Waals surface area contributed by atoms with Crippen LogP contribution in [0.15, 0.2) is 30.6 Å². The van der Waals surface area contributed by atoms with Crippen LogP contribution >= 0.6 is 0 Å². The monoisotopic (exact) mass is 229 g/mol. The first kappa shape index (κ1) is 11.9. The summed E-state index contributed by atoms with van der Waals surface area (Å²) in [4.78, 5) is 4.29. The summed E-state index contributed by atoms with van der Waals surface area (Å²) in [5.74, 6) is 1.07. The van der Waals surface area contributed by atoms with Gasteiger partial charge in [0.1, 0.15) is 5.82 Å². The van der Waals surface area contributed by atoms with Crippen molar-refractivity contribution >= 4 is 0 Å². The Labute approximate surface area is 103 Å². The highest BCUT2D eigenvalue weighted by Gasteiger charge is 2.01.